The molecule has 2 heterocycles. The van der Waals surface area contributed by atoms with E-state index in [1.54, 1.807) is 28.8 Å². The first-order chi connectivity index (χ1) is 12.9. The lowest BCUT2D eigenvalue weighted by Gasteiger charge is -2.18. The van der Waals surface area contributed by atoms with Crippen LogP contribution >= 0.6 is 11.6 Å². The van der Waals surface area contributed by atoms with Gasteiger partial charge in [-0.15, -0.1) is 0 Å². The van der Waals surface area contributed by atoms with Crippen molar-refractivity contribution in [3.8, 4) is 0 Å². The molecule has 0 aliphatic carbocycles. The second-order valence-corrected chi connectivity index (χ2v) is 6.98. The zero-order valence-electron chi connectivity index (χ0n) is 15.0. The molecule has 3 aromatic rings. The number of nitrogens with one attached hydrogen (secondary N) is 1. The number of carbonyl (C=O) groups is 2. The second kappa shape index (κ2) is 7.80. The molecular weight excluding hydrogens is 366 g/mol. The topological polar surface area (TPSA) is 83.7 Å². The van der Waals surface area contributed by atoms with Gasteiger partial charge in [-0.3, -0.25) is 14.0 Å². The number of fused-ring (bicyclic) bond motifs is 1. The number of halogens is 1. The predicted molar refractivity (Wildman–Crippen MR) is 103 cm³/mol. The van der Waals surface area contributed by atoms with Crippen LogP contribution in [-0.2, 0) is 4.79 Å². The Morgan fingerprint density at radius 2 is 1.81 bits per heavy atom. The van der Waals surface area contributed by atoms with Gasteiger partial charge in [-0.2, -0.15) is 0 Å². The van der Waals surface area contributed by atoms with Crippen molar-refractivity contribution in [1.82, 2.24) is 14.7 Å². The minimum atomic E-state index is -1.00. The highest BCUT2D eigenvalue weighted by Gasteiger charge is 2.23. The first kappa shape index (κ1) is 18.9. The summed E-state index contributed by atoms with van der Waals surface area (Å²) < 4.78 is 1.58. The van der Waals surface area contributed by atoms with Crippen LogP contribution in [0.4, 0.5) is 0 Å². The van der Waals surface area contributed by atoms with E-state index in [1.165, 1.54) is 0 Å². The normalized spacial score (nSPS) is 12.3. The molecule has 6 nitrogen and oxygen atoms in total. The van der Waals surface area contributed by atoms with Crippen LogP contribution < -0.4 is 5.32 Å². The summed E-state index contributed by atoms with van der Waals surface area (Å²) in [6.07, 6.45) is 1.45. The summed E-state index contributed by atoms with van der Waals surface area (Å²) in [5, 5.41) is 12.1. The van der Waals surface area contributed by atoms with Crippen LogP contribution in [0.5, 0.6) is 0 Å². The molecule has 140 valence electrons. The van der Waals surface area contributed by atoms with E-state index >= 15 is 0 Å². The van der Waals surface area contributed by atoms with Crippen LogP contribution in [0.15, 0.2) is 48.7 Å². The standard InChI is InChI=1S/C20H20ClN3O3/c1-12(2)13-6-8-14(9-7-13)15(11-17(25)26)22-20(27)18-19(21)23-16-5-3-4-10-24(16)18/h3-10,12,15H,11H2,1-2H3,(H,22,27)(H,25,26)/t15-/m1/s1. The van der Waals surface area contributed by atoms with Gasteiger partial charge in [-0.1, -0.05) is 55.8 Å². The lowest BCUT2D eigenvalue weighted by molar-refractivity contribution is -0.137. The Hall–Kier alpha value is -2.86. The Morgan fingerprint density at radius 1 is 1.15 bits per heavy atom. The monoisotopic (exact) mass is 385 g/mol. The number of carboxylic acid groups (broad SMARTS) is 1. The van der Waals surface area contributed by atoms with E-state index in [0.29, 0.717) is 11.6 Å². The molecule has 0 spiro atoms. The van der Waals surface area contributed by atoms with Crippen molar-refractivity contribution in [2.75, 3.05) is 0 Å². The molecule has 0 aliphatic rings. The third-order valence-electron chi connectivity index (χ3n) is 4.39. The number of benzene rings is 1. The predicted octanol–water partition coefficient (Wildman–Crippen LogP) is 4.06. The Labute approximate surface area is 161 Å². The Morgan fingerprint density at radius 3 is 2.44 bits per heavy atom. The minimum absolute atomic E-state index is 0.0722. The quantitative estimate of drug-likeness (QED) is 0.670. The maximum atomic E-state index is 12.8. The fourth-order valence-electron chi connectivity index (χ4n) is 2.94. The number of nitrogens with zero attached hydrogens (tertiary/aromatic N) is 2. The summed E-state index contributed by atoms with van der Waals surface area (Å²) in [6, 6.07) is 12.2. The molecule has 27 heavy (non-hydrogen) atoms. The summed E-state index contributed by atoms with van der Waals surface area (Å²) in [5.74, 6) is -1.11. The van der Waals surface area contributed by atoms with Gasteiger partial charge >= 0.3 is 5.97 Å². The van der Waals surface area contributed by atoms with E-state index in [9.17, 15) is 14.7 Å². The van der Waals surface area contributed by atoms with Gasteiger partial charge in [0.05, 0.1) is 12.5 Å². The van der Waals surface area contributed by atoms with Gasteiger partial charge in [0.2, 0.25) is 0 Å². The van der Waals surface area contributed by atoms with Gasteiger partial charge in [0, 0.05) is 6.20 Å². The lowest BCUT2D eigenvalue weighted by Crippen LogP contribution is -2.31. The third-order valence-corrected chi connectivity index (χ3v) is 4.66. The first-order valence-electron chi connectivity index (χ1n) is 8.62. The van der Waals surface area contributed by atoms with Crippen LogP contribution in [0, 0.1) is 0 Å². The van der Waals surface area contributed by atoms with Crippen molar-refractivity contribution in [2.24, 2.45) is 0 Å². The van der Waals surface area contributed by atoms with Crippen molar-refractivity contribution in [1.29, 1.82) is 0 Å². The fourth-order valence-corrected chi connectivity index (χ4v) is 3.20. The molecule has 0 radical (unpaired) electrons. The highest BCUT2D eigenvalue weighted by Crippen LogP contribution is 2.23. The van der Waals surface area contributed by atoms with E-state index < -0.39 is 17.9 Å². The summed E-state index contributed by atoms with van der Waals surface area (Å²) in [6.45, 7) is 4.16. The summed E-state index contributed by atoms with van der Waals surface area (Å²) in [7, 11) is 0. The molecule has 2 aromatic heterocycles. The number of aromatic nitrogens is 2. The highest BCUT2D eigenvalue weighted by molar-refractivity contribution is 6.32. The van der Waals surface area contributed by atoms with Crippen molar-refractivity contribution in [3.63, 3.8) is 0 Å². The number of rotatable bonds is 6. The number of hydrogen-bond donors (Lipinski definition) is 2. The van der Waals surface area contributed by atoms with Gasteiger partial charge in [-0.25, -0.2) is 4.98 Å². The molecular formula is C20H20ClN3O3. The zero-order valence-corrected chi connectivity index (χ0v) is 15.8. The Bertz CT molecular complexity index is 980. The van der Waals surface area contributed by atoms with E-state index in [0.717, 1.165) is 11.1 Å². The van der Waals surface area contributed by atoms with Gasteiger partial charge < -0.3 is 10.4 Å². The van der Waals surface area contributed by atoms with Crippen molar-refractivity contribution in [2.45, 2.75) is 32.2 Å². The summed E-state index contributed by atoms with van der Waals surface area (Å²) in [4.78, 5) is 28.3. The molecule has 1 amide bonds. The van der Waals surface area contributed by atoms with Crippen LogP contribution in [0.2, 0.25) is 5.15 Å². The van der Waals surface area contributed by atoms with Gasteiger partial charge in [0.15, 0.2) is 10.8 Å². The van der Waals surface area contributed by atoms with Crippen LogP contribution in [0.1, 0.15) is 53.8 Å². The number of amides is 1. The second-order valence-electron chi connectivity index (χ2n) is 6.63. The van der Waals surface area contributed by atoms with Gasteiger partial charge in [0.1, 0.15) is 5.65 Å². The van der Waals surface area contributed by atoms with Crippen molar-refractivity contribution in [3.05, 3.63) is 70.6 Å². The molecule has 1 atom stereocenters. The molecule has 0 bridgehead atoms. The Balaban J connectivity index is 1.90. The average molecular weight is 386 g/mol. The molecule has 2 N–H and O–H groups in total. The molecule has 0 saturated carbocycles. The smallest absolute Gasteiger partial charge is 0.305 e. The van der Waals surface area contributed by atoms with Crippen LogP contribution in [0.25, 0.3) is 5.65 Å². The summed E-state index contributed by atoms with van der Waals surface area (Å²) in [5.41, 5.74) is 2.59. The summed E-state index contributed by atoms with van der Waals surface area (Å²) >= 11 is 6.14. The number of carboxylic acids is 1. The van der Waals surface area contributed by atoms with Crippen molar-refractivity contribution >= 4 is 29.1 Å². The number of carbonyl (C=O) groups excluding carboxylic acids is 1. The highest BCUT2D eigenvalue weighted by atomic mass is 35.5. The third kappa shape index (κ3) is 4.11. The largest absolute Gasteiger partial charge is 0.481 e. The zero-order chi connectivity index (χ0) is 19.6. The minimum Gasteiger partial charge on any atom is -0.481 e. The van der Waals surface area contributed by atoms with Crippen LogP contribution in [0.3, 0.4) is 0 Å². The number of imidazole rings is 1. The number of hydrogen-bond acceptors (Lipinski definition) is 3. The van der Waals surface area contributed by atoms with Crippen LogP contribution in [-0.4, -0.2) is 26.4 Å². The molecule has 0 unspecified atom stereocenters. The fraction of sp³-hybridized carbons (Fsp3) is 0.250. The van der Waals surface area contributed by atoms with E-state index in [-0.39, 0.29) is 17.3 Å². The van der Waals surface area contributed by atoms with E-state index in [2.05, 4.69) is 24.1 Å². The molecule has 0 saturated heterocycles. The SMILES string of the molecule is CC(C)c1ccc([C@@H](CC(=O)O)NC(=O)c2c(Cl)nc3ccccn23)cc1. The number of pyridine rings is 1. The Kier molecular flexibility index (Phi) is 5.46. The van der Waals surface area contributed by atoms with Gasteiger partial charge in [-0.05, 0) is 29.2 Å². The van der Waals surface area contributed by atoms with Gasteiger partial charge in [0.25, 0.3) is 5.91 Å². The average Bonchev–Trinajstić information content (AvgIpc) is 2.96. The molecule has 1 aromatic carbocycles. The maximum Gasteiger partial charge on any atom is 0.305 e. The maximum absolute atomic E-state index is 12.8. The van der Waals surface area contributed by atoms with E-state index in [1.807, 2.05) is 24.3 Å². The molecule has 7 heteroatoms. The molecule has 0 aliphatic heterocycles. The lowest BCUT2D eigenvalue weighted by atomic mass is 9.97. The number of aliphatic carboxylic acids is 1. The molecule has 0 fully saturated rings. The van der Waals surface area contributed by atoms with E-state index in [4.69, 9.17) is 11.6 Å². The first-order valence-corrected chi connectivity index (χ1v) is 8.99. The van der Waals surface area contributed by atoms with Crippen molar-refractivity contribution < 1.29 is 14.7 Å². The molecule has 3 rings (SSSR count).